The molecule has 3 aromatic rings. The number of aromatic nitrogens is 1. The van der Waals surface area contributed by atoms with Crippen molar-refractivity contribution in [1.82, 2.24) is 9.47 Å². The molecule has 4 rings (SSSR count). The van der Waals surface area contributed by atoms with Gasteiger partial charge in [-0.1, -0.05) is 42.0 Å². The number of hydrogen-bond donors (Lipinski definition) is 2. The first kappa shape index (κ1) is 22.9. The molecule has 1 fully saturated rings. The summed E-state index contributed by atoms with van der Waals surface area (Å²) in [5, 5.41) is 21.8. The smallest absolute Gasteiger partial charge is 0.235 e. The van der Waals surface area contributed by atoms with Crippen LogP contribution in [-0.4, -0.2) is 72.4 Å². The van der Waals surface area contributed by atoms with E-state index in [4.69, 9.17) is 4.74 Å². The van der Waals surface area contributed by atoms with Crippen LogP contribution < -0.4 is 4.90 Å². The second-order valence-corrected chi connectivity index (χ2v) is 8.64. The van der Waals surface area contributed by atoms with Crippen LogP contribution in [0.25, 0.3) is 11.3 Å². The first-order valence-corrected chi connectivity index (χ1v) is 11.2. The van der Waals surface area contributed by atoms with Gasteiger partial charge in [0.25, 0.3) is 0 Å². The van der Waals surface area contributed by atoms with Gasteiger partial charge in [-0.15, -0.1) is 0 Å². The van der Waals surface area contributed by atoms with Crippen molar-refractivity contribution in [3.63, 3.8) is 0 Å². The van der Waals surface area contributed by atoms with Gasteiger partial charge in [0.1, 0.15) is 0 Å². The number of benzene rings is 2. The summed E-state index contributed by atoms with van der Waals surface area (Å²) < 4.78 is 7.07. The Morgan fingerprint density at radius 3 is 2.21 bits per heavy atom. The van der Waals surface area contributed by atoms with Crippen LogP contribution in [0.1, 0.15) is 21.5 Å². The van der Waals surface area contributed by atoms with Crippen LogP contribution in [0.5, 0.6) is 11.6 Å². The largest absolute Gasteiger partial charge is 0.503 e. The predicted molar refractivity (Wildman–Crippen MR) is 129 cm³/mol. The van der Waals surface area contributed by atoms with Crippen LogP contribution in [-0.2, 0) is 11.3 Å². The molecule has 1 aromatic heterocycles. The average molecular weight is 450 g/mol. The molecule has 0 aliphatic carbocycles. The fourth-order valence-electron chi connectivity index (χ4n) is 4.16. The van der Waals surface area contributed by atoms with Crippen molar-refractivity contribution in [2.45, 2.75) is 13.5 Å². The first-order valence-electron chi connectivity index (χ1n) is 11.2. The standard InChI is InChI=1S/C26H31N3O4/c1-18-4-6-20(7-5-18)24(30)22-23(19-8-10-21(11-9-19)27(2)3)29(26(32)25(22)31)13-12-28-14-16-33-17-15-28/h4-11,31-32H,12-17H2,1-3H3. The van der Waals surface area contributed by atoms with Crippen molar-refractivity contribution >= 4 is 11.5 Å². The van der Waals surface area contributed by atoms with E-state index < -0.39 is 0 Å². The Bertz CT molecular complexity index is 1110. The van der Waals surface area contributed by atoms with Crippen LogP contribution in [0.4, 0.5) is 5.69 Å². The SMILES string of the molecule is Cc1ccc(C(=O)c2c(O)c(O)n(CCN3CCOCC3)c2-c2ccc(N(C)C)cc2)cc1. The second-order valence-electron chi connectivity index (χ2n) is 8.64. The van der Waals surface area contributed by atoms with Crippen LogP contribution >= 0.6 is 0 Å². The third-order valence-corrected chi connectivity index (χ3v) is 6.15. The molecule has 7 heteroatoms. The zero-order chi connectivity index (χ0) is 23.5. The van der Waals surface area contributed by atoms with Crippen LogP contribution in [0.15, 0.2) is 48.5 Å². The molecule has 2 aromatic carbocycles. The Kier molecular flexibility index (Phi) is 6.72. The summed E-state index contributed by atoms with van der Waals surface area (Å²) in [5.41, 5.74) is 3.93. The lowest BCUT2D eigenvalue weighted by Gasteiger charge is -2.27. The number of rotatable bonds is 7. The summed E-state index contributed by atoms with van der Waals surface area (Å²) in [4.78, 5) is 17.7. The Morgan fingerprint density at radius 2 is 1.61 bits per heavy atom. The molecule has 2 N–H and O–H groups in total. The lowest BCUT2D eigenvalue weighted by molar-refractivity contribution is 0.0362. The Balaban J connectivity index is 1.78. The Morgan fingerprint density at radius 1 is 0.970 bits per heavy atom. The maximum absolute atomic E-state index is 13.5. The van der Waals surface area contributed by atoms with Gasteiger partial charge in [0.05, 0.1) is 24.5 Å². The number of ketones is 1. The highest BCUT2D eigenvalue weighted by molar-refractivity contribution is 6.15. The maximum atomic E-state index is 13.5. The molecule has 1 saturated heterocycles. The molecule has 0 amide bonds. The van der Waals surface area contributed by atoms with E-state index in [2.05, 4.69) is 4.90 Å². The third kappa shape index (κ3) is 4.74. The third-order valence-electron chi connectivity index (χ3n) is 6.15. The highest BCUT2D eigenvalue weighted by atomic mass is 16.5. The van der Waals surface area contributed by atoms with Gasteiger partial charge in [-0.2, -0.15) is 0 Å². The minimum Gasteiger partial charge on any atom is -0.503 e. The number of carbonyl (C=O) groups excluding carboxylic acids is 1. The number of carbonyl (C=O) groups is 1. The number of ether oxygens (including phenoxy) is 1. The molecule has 0 atom stereocenters. The van der Waals surface area contributed by atoms with Gasteiger partial charge < -0.3 is 24.4 Å². The second kappa shape index (κ2) is 9.68. The van der Waals surface area contributed by atoms with E-state index in [0.717, 1.165) is 29.9 Å². The summed E-state index contributed by atoms with van der Waals surface area (Å²) in [5.74, 6) is -0.987. The molecule has 0 spiro atoms. The van der Waals surface area contributed by atoms with Crippen molar-refractivity contribution in [2.75, 3.05) is 51.8 Å². The molecule has 2 heterocycles. The number of nitrogens with zero attached hydrogens (tertiary/aromatic N) is 3. The lowest BCUT2D eigenvalue weighted by atomic mass is 9.98. The number of aryl methyl sites for hydroxylation is 1. The topological polar surface area (TPSA) is 78.2 Å². The molecular formula is C26H31N3O4. The van der Waals surface area contributed by atoms with Crippen molar-refractivity contribution in [2.24, 2.45) is 0 Å². The van der Waals surface area contributed by atoms with Gasteiger partial charge in [-0.25, -0.2) is 0 Å². The van der Waals surface area contributed by atoms with Crippen LogP contribution in [0.3, 0.4) is 0 Å². The van der Waals surface area contributed by atoms with Crippen LogP contribution in [0, 0.1) is 6.92 Å². The van der Waals surface area contributed by atoms with E-state index in [0.29, 0.717) is 37.6 Å². The summed E-state index contributed by atoms with van der Waals surface area (Å²) in [6.07, 6.45) is 0. The molecule has 0 bridgehead atoms. The molecule has 1 aliphatic heterocycles. The summed E-state index contributed by atoms with van der Waals surface area (Å²) in [7, 11) is 3.92. The molecule has 174 valence electrons. The number of hydrogen-bond acceptors (Lipinski definition) is 6. The summed E-state index contributed by atoms with van der Waals surface area (Å²) >= 11 is 0. The van der Waals surface area contributed by atoms with E-state index in [1.165, 1.54) is 0 Å². The fraction of sp³-hybridized carbons (Fsp3) is 0.346. The highest BCUT2D eigenvalue weighted by Crippen LogP contribution is 2.42. The van der Waals surface area contributed by atoms with E-state index >= 15 is 0 Å². The summed E-state index contributed by atoms with van der Waals surface area (Å²) in [6, 6.07) is 15.0. The monoisotopic (exact) mass is 449 g/mol. The normalized spacial score (nSPS) is 14.4. The molecule has 0 unspecified atom stereocenters. The van der Waals surface area contributed by atoms with Gasteiger partial charge >= 0.3 is 0 Å². The quantitative estimate of drug-likeness (QED) is 0.538. The zero-order valence-corrected chi connectivity index (χ0v) is 19.4. The molecule has 0 saturated carbocycles. The van der Waals surface area contributed by atoms with Crippen molar-refractivity contribution < 1.29 is 19.7 Å². The Hall–Kier alpha value is -3.29. The van der Waals surface area contributed by atoms with Crippen molar-refractivity contribution in [1.29, 1.82) is 0 Å². The van der Waals surface area contributed by atoms with E-state index in [9.17, 15) is 15.0 Å². The number of anilines is 1. The molecule has 0 radical (unpaired) electrons. The van der Waals surface area contributed by atoms with Gasteiger partial charge in [0, 0.05) is 51.5 Å². The number of aromatic hydroxyl groups is 2. The lowest BCUT2D eigenvalue weighted by Crippen LogP contribution is -2.38. The average Bonchev–Trinajstić information content (AvgIpc) is 3.08. The van der Waals surface area contributed by atoms with Crippen molar-refractivity contribution in [3.8, 4) is 22.9 Å². The predicted octanol–water partition coefficient (Wildman–Crippen LogP) is 3.50. The minimum absolute atomic E-state index is 0.121. The molecule has 1 aliphatic rings. The van der Waals surface area contributed by atoms with E-state index in [1.54, 1.807) is 16.7 Å². The van der Waals surface area contributed by atoms with Gasteiger partial charge in [0.2, 0.25) is 5.88 Å². The first-order chi connectivity index (χ1) is 15.9. The van der Waals surface area contributed by atoms with E-state index in [1.807, 2.05) is 62.3 Å². The minimum atomic E-state index is -0.380. The van der Waals surface area contributed by atoms with Gasteiger partial charge in [-0.3, -0.25) is 9.69 Å². The summed E-state index contributed by atoms with van der Waals surface area (Å²) in [6.45, 7) is 6.05. The molecule has 7 nitrogen and oxygen atoms in total. The molecular weight excluding hydrogens is 418 g/mol. The maximum Gasteiger partial charge on any atom is 0.235 e. The van der Waals surface area contributed by atoms with Crippen molar-refractivity contribution in [3.05, 3.63) is 65.2 Å². The van der Waals surface area contributed by atoms with E-state index in [-0.39, 0.29) is 23.0 Å². The van der Waals surface area contributed by atoms with Gasteiger partial charge in [0.15, 0.2) is 11.5 Å². The fourth-order valence-corrected chi connectivity index (χ4v) is 4.16. The highest BCUT2D eigenvalue weighted by Gasteiger charge is 2.29. The molecule has 33 heavy (non-hydrogen) atoms. The van der Waals surface area contributed by atoms with Crippen LogP contribution in [0.2, 0.25) is 0 Å². The Labute approximate surface area is 194 Å². The number of morpholine rings is 1. The zero-order valence-electron chi connectivity index (χ0n) is 19.4. The van der Waals surface area contributed by atoms with Gasteiger partial charge in [-0.05, 0) is 24.6 Å².